The molecule has 5 nitrogen and oxygen atoms in total. The first kappa shape index (κ1) is 19.6. The number of para-hydroxylation sites is 1. The summed E-state index contributed by atoms with van der Waals surface area (Å²) in [6.07, 6.45) is 2.07. The fourth-order valence-electron chi connectivity index (χ4n) is 3.78. The van der Waals surface area contributed by atoms with Gasteiger partial charge in [-0.3, -0.25) is 9.20 Å². The van der Waals surface area contributed by atoms with Crippen molar-refractivity contribution >= 4 is 28.4 Å². The van der Waals surface area contributed by atoms with Crippen molar-refractivity contribution in [2.75, 3.05) is 5.75 Å². The molecule has 5 aromatic rings. The summed E-state index contributed by atoms with van der Waals surface area (Å²) in [6.45, 7) is 2.03. The number of fused-ring (bicyclic) bond motifs is 3. The number of hydrogen-bond donors (Lipinski definition) is 0. The first-order valence-corrected chi connectivity index (χ1v) is 11.3. The van der Waals surface area contributed by atoms with Gasteiger partial charge in [-0.25, -0.2) is 4.57 Å². The van der Waals surface area contributed by atoms with Crippen molar-refractivity contribution in [3.63, 3.8) is 0 Å². The van der Waals surface area contributed by atoms with Crippen molar-refractivity contribution in [3.8, 4) is 5.69 Å². The molecular formula is C25H22N4OS. The fourth-order valence-corrected chi connectivity index (χ4v) is 4.66. The summed E-state index contributed by atoms with van der Waals surface area (Å²) < 4.78 is 3.66. The zero-order valence-electron chi connectivity index (χ0n) is 17.2. The number of thioether (sulfide) groups is 1. The molecule has 2 heterocycles. The molecule has 0 radical (unpaired) electrons. The van der Waals surface area contributed by atoms with Gasteiger partial charge in [0, 0.05) is 5.75 Å². The van der Waals surface area contributed by atoms with Crippen LogP contribution in [0.15, 0.2) is 88.8 Å². The number of aromatic nitrogens is 4. The van der Waals surface area contributed by atoms with Gasteiger partial charge in [0.2, 0.25) is 5.78 Å². The maximum absolute atomic E-state index is 13.3. The van der Waals surface area contributed by atoms with Gasteiger partial charge in [0.1, 0.15) is 0 Å². The van der Waals surface area contributed by atoms with Crippen LogP contribution in [0.3, 0.4) is 0 Å². The first-order chi connectivity index (χ1) is 15.2. The Hall–Kier alpha value is -3.38. The summed E-state index contributed by atoms with van der Waals surface area (Å²) in [7, 11) is 0. The van der Waals surface area contributed by atoms with Gasteiger partial charge in [-0.1, -0.05) is 71.9 Å². The second-order valence-corrected chi connectivity index (χ2v) is 8.61. The Balaban J connectivity index is 1.55. The molecule has 0 saturated carbocycles. The smallest absolute Gasteiger partial charge is 0.267 e. The molecule has 0 aliphatic rings. The lowest BCUT2D eigenvalue weighted by atomic mass is 10.1. The Morgan fingerprint density at radius 1 is 0.871 bits per heavy atom. The van der Waals surface area contributed by atoms with Crippen LogP contribution < -0.4 is 5.56 Å². The van der Waals surface area contributed by atoms with Crippen molar-refractivity contribution in [3.05, 3.63) is 100 Å². The summed E-state index contributed by atoms with van der Waals surface area (Å²) in [5.41, 5.74) is 4.03. The molecule has 0 N–H and O–H groups in total. The molecule has 5 rings (SSSR count). The SMILES string of the molecule is Cc1ccc(-n2c(=O)c3ccccc3n3c(SCCCc4ccccc4)nnc23)cc1. The molecule has 154 valence electrons. The van der Waals surface area contributed by atoms with Crippen LogP contribution in [0.2, 0.25) is 0 Å². The van der Waals surface area contributed by atoms with E-state index in [0.29, 0.717) is 11.2 Å². The van der Waals surface area contributed by atoms with Gasteiger partial charge >= 0.3 is 0 Å². The number of hydrogen-bond acceptors (Lipinski definition) is 4. The van der Waals surface area contributed by atoms with Crippen LogP contribution in [-0.2, 0) is 6.42 Å². The van der Waals surface area contributed by atoms with Crippen molar-refractivity contribution in [1.29, 1.82) is 0 Å². The second-order valence-electron chi connectivity index (χ2n) is 7.55. The fraction of sp³-hybridized carbons (Fsp3) is 0.160. The molecule has 0 atom stereocenters. The molecule has 0 saturated heterocycles. The van der Waals surface area contributed by atoms with Crippen molar-refractivity contribution < 1.29 is 0 Å². The van der Waals surface area contributed by atoms with E-state index in [2.05, 4.69) is 34.5 Å². The molecule has 0 spiro atoms. The van der Waals surface area contributed by atoms with Gasteiger partial charge in [-0.05, 0) is 49.6 Å². The maximum Gasteiger partial charge on any atom is 0.267 e. The van der Waals surface area contributed by atoms with Crippen molar-refractivity contribution in [1.82, 2.24) is 19.2 Å². The van der Waals surface area contributed by atoms with E-state index in [4.69, 9.17) is 0 Å². The van der Waals surface area contributed by atoms with Gasteiger partial charge in [0.15, 0.2) is 5.16 Å². The highest BCUT2D eigenvalue weighted by Gasteiger charge is 2.17. The van der Waals surface area contributed by atoms with E-state index in [0.717, 1.165) is 40.5 Å². The summed E-state index contributed by atoms with van der Waals surface area (Å²) in [5.74, 6) is 1.46. The molecule has 0 unspecified atom stereocenters. The largest absolute Gasteiger partial charge is 0.268 e. The molecule has 2 aromatic heterocycles. The number of rotatable bonds is 6. The average Bonchev–Trinajstić information content (AvgIpc) is 3.22. The van der Waals surface area contributed by atoms with Crippen LogP contribution in [0.4, 0.5) is 0 Å². The van der Waals surface area contributed by atoms with Crippen molar-refractivity contribution in [2.45, 2.75) is 24.9 Å². The van der Waals surface area contributed by atoms with E-state index in [1.165, 1.54) is 5.56 Å². The molecule has 0 fully saturated rings. The lowest BCUT2D eigenvalue weighted by molar-refractivity contribution is 0.906. The topological polar surface area (TPSA) is 52.2 Å². The monoisotopic (exact) mass is 426 g/mol. The third-order valence-electron chi connectivity index (χ3n) is 5.37. The molecule has 31 heavy (non-hydrogen) atoms. The zero-order valence-corrected chi connectivity index (χ0v) is 18.0. The van der Waals surface area contributed by atoms with Gasteiger partial charge < -0.3 is 0 Å². The lowest BCUT2D eigenvalue weighted by Crippen LogP contribution is -2.21. The normalized spacial score (nSPS) is 11.4. The third kappa shape index (κ3) is 3.75. The highest BCUT2D eigenvalue weighted by atomic mass is 32.2. The van der Waals surface area contributed by atoms with E-state index in [9.17, 15) is 4.79 Å². The summed E-state index contributed by atoms with van der Waals surface area (Å²) in [6, 6.07) is 26.1. The summed E-state index contributed by atoms with van der Waals surface area (Å²) in [4.78, 5) is 13.3. The molecule has 3 aromatic carbocycles. The quantitative estimate of drug-likeness (QED) is 0.281. The Bertz CT molecular complexity index is 1410. The van der Waals surface area contributed by atoms with Gasteiger partial charge in [-0.15, -0.1) is 10.2 Å². The minimum absolute atomic E-state index is 0.0834. The van der Waals surface area contributed by atoms with Gasteiger partial charge in [0.05, 0.1) is 16.6 Å². The number of nitrogens with zero attached hydrogens (tertiary/aromatic N) is 4. The maximum atomic E-state index is 13.3. The zero-order chi connectivity index (χ0) is 21.2. The van der Waals surface area contributed by atoms with Gasteiger partial charge in [0.25, 0.3) is 5.56 Å². The standard InChI is InChI=1S/C25H22N4OS/c1-18-13-15-20(16-14-18)28-23(30)21-11-5-6-12-22(21)29-24(28)26-27-25(29)31-17-7-10-19-8-3-2-4-9-19/h2-6,8-9,11-16H,7,10,17H2,1H3. The average molecular weight is 427 g/mol. The second kappa shape index (κ2) is 8.40. The Kier molecular flexibility index (Phi) is 5.30. The first-order valence-electron chi connectivity index (χ1n) is 10.3. The van der Waals surface area contributed by atoms with Crippen LogP contribution >= 0.6 is 11.8 Å². The van der Waals surface area contributed by atoms with Crippen LogP contribution in [0.25, 0.3) is 22.4 Å². The predicted octanol–water partition coefficient (Wildman–Crippen LogP) is 5.07. The van der Waals surface area contributed by atoms with Crippen LogP contribution in [0, 0.1) is 6.92 Å². The van der Waals surface area contributed by atoms with Crippen LogP contribution in [0.1, 0.15) is 17.5 Å². The lowest BCUT2D eigenvalue weighted by Gasteiger charge is -2.11. The Morgan fingerprint density at radius 3 is 2.42 bits per heavy atom. The minimum Gasteiger partial charge on any atom is -0.268 e. The molecule has 0 aliphatic carbocycles. The Labute approximate surface area is 184 Å². The Morgan fingerprint density at radius 2 is 1.61 bits per heavy atom. The molecule has 0 bridgehead atoms. The van der Waals surface area contributed by atoms with Crippen LogP contribution in [0.5, 0.6) is 0 Å². The molecule has 6 heteroatoms. The van der Waals surface area contributed by atoms with Crippen molar-refractivity contribution in [2.24, 2.45) is 0 Å². The molecule has 0 amide bonds. The third-order valence-corrected chi connectivity index (χ3v) is 6.39. The number of benzene rings is 3. The van der Waals surface area contributed by atoms with Gasteiger partial charge in [-0.2, -0.15) is 0 Å². The summed E-state index contributed by atoms with van der Waals surface area (Å²) in [5, 5.41) is 10.3. The molecular weight excluding hydrogens is 404 g/mol. The van der Waals surface area contributed by atoms with Crippen LogP contribution in [-0.4, -0.2) is 24.9 Å². The van der Waals surface area contributed by atoms with E-state index >= 15 is 0 Å². The number of aryl methyl sites for hydroxylation is 2. The summed E-state index contributed by atoms with van der Waals surface area (Å²) >= 11 is 1.68. The van der Waals surface area contributed by atoms with E-state index in [1.807, 2.05) is 65.9 Å². The molecule has 0 aliphatic heterocycles. The predicted molar refractivity (Wildman–Crippen MR) is 126 cm³/mol. The van der Waals surface area contributed by atoms with E-state index < -0.39 is 0 Å². The van der Waals surface area contributed by atoms with E-state index in [-0.39, 0.29) is 5.56 Å². The van der Waals surface area contributed by atoms with E-state index in [1.54, 1.807) is 16.3 Å². The highest BCUT2D eigenvalue weighted by Crippen LogP contribution is 2.24. The minimum atomic E-state index is -0.0834. The highest BCUT2D eigenvalue weighted by molar-refractivity contribution is 7.99.